The summed E-state index contributed by atoms with van der Waals surface area (Å²) in [4.78, 5) is 50.2. The summed E-state index contributed by atoms with van der Waals surface area (Å²) in [5, 5.41) is 0. The maximum Gasteiger partial charge on any atom is 0.329 e. The summed E-state index contributed by atoms with van der Waals surface area (Å²) >= 11 is 1.65. The van der Waals surface area contributed by atoms with Gasteiger partial charge in [0.1, 0.15) is 17.1 Å². The molecule has 0 spiro atoms. The molecule has 0 aromatic carbocycles. The van der Waals surface area contributed by atoms with Gasteiger partial charge >= 0.3 is 5.69 Å². The Kier molecular flexibility index (Phi) is 5.40. The Balaban J connectivity index is 1.51. The van der Waals surface area contributed by atoms with E-state index in [4.69, 9.17) is 4.42 Å². The monoisotopic (exact) mass is 427 g/mol. The number of aromatic nitrogens is 4. The van der Waals surface area contributed by atoms with E-state index in [1.807, 2.05) is 25.1 Å². The molecular weight excluding hydrogens is 406 g/mol. The Hall–Kier alpha value is -3.40. The number of rotatable bonds is 7. The first-order valence-corrected chi connectivity index (χ1v) is 10.3. The van der Waals surface area contributed by atoms with Gasteiger partial charge in [-0.15, -0.1) is 11.3 Å². The topological polar surface area (TPSA) is 117 Å². The molecule has 0 atom stereocenters. The van der Waals surface area contributed by atoms with E-state index < -0.39 is 11.2 Å². The number of aryl methyl sites for hydroxylation is 3. The second kappa shape index (κ2) is 8.15. The van der Waals surface area contributed by atoms with Crippen LogP contribution in [-0.2, 0) is 31.4 Å². The van der Waals surface area contributed by atoms with Crippen molar-refractivity contribution in [3.8, 4) is 0 Å². The van der Waals surface area contributed by atoms with Gasteiger partial charge in [0.05, 0.1) is 19.4 Å². The molecule has 4 heterocycles. The number of hydrogen-bond donors (Lipinski definition) is 2. The van der Waals surface area contributed by atoms with Crippen LogP contribution in [0.3, 0.4) is 0 Å². The third kappa shape index (κ3) is 4.13. The van der Waals surface area contributed by atoms with E-state index in [9.17, 15) is 14.4 Å². The maximum absolute atomic E-state index is 13.0. The molecule has 0 saturated heterocycles. The fourth-order valence-electron chi connectivity index (χ4n) is 3.24. The zero-order chi connectivity index (χ0) is 21.3. The fourth-order valence-corrected chi connectivity index (χ4v) is 4.14. The van der Waals surface area contributed by atoms with E-state index in [2.05, 4.69) is 15.0 Å². The van der Waals surface area contributed by atoms with Crippen LogP contribution < -0.4 is 11.2 Å². The predicted octanol–water partition coefficient (Wildman–Crippen LogP) is 2.07. The van der Waals surface area contributed by atoms with E-state index in [0.717, 1.165) is 4.88 Å². The molecule has 0 radical (unpaired) electrons. The molecule has 30 heavy (non-hydrogen) atoms. The number of hydrogen-bond acceptors (Lipinski definition) is 6. The third-order valence-corrected chi connectivity index (χ3v) is 5.79. The highest BCUT2D eigenvalue weighted by Crippen LogP contribution is 2.19. The normalized spacial score (nSPS) is 11.3. The van der Waals surface area contributed by atoms with Gasteiger partial charge < -0.3 is 14.3 Å². The van der Waals surface area contributed by atoms with Gasteiger partial charge in [0, 0.05) is 29.6 Å². The minimum atomic E-state index is -0.530. The van der Waals surface area contributed by atoms with Crippen LogP contribution in [0.1, 0.15) is 27.8 Å². The van der Waals surface area contributed by atoms with Gasteiger partial charge in [-0.05, 0) is 31.2 Å². The van der Waals surface area contributed by atoms with E-state index in [-0.39, 0.29) is 23.5 Å². The largest absolute Gasteiger partial charge is 0.467 e. The van der Waals surface area contributed by atoms with Gasteiger partial charge in [0.25, 0.3) is 5.56 Å². The highest BCUT2D eigenvalue weighted by atomic mass is 32.1. The molecule has 4 rings (SSSR count). The van der Waals surface area contributed by atoms with Gasteiger partial charge in [0.15, 0.2) is 5.65 Å². The number of aromatic amines is 2. The molecule has 9 nitrogen and oxygen atoms in total. The van der Waals surface area contributed by atoms with Crippen molar-refractivity contribution in [2.45, 2.75) is 32.9 Å². The zero-order valence-corrected chi connectivity index (χ0v) is 17.4. The van der Waals surface area contributed by atoms with Gasteiger partial charge in [-0.2, -0.15) is 0 Å². The Bertz CT molecular complexity index is 1290. The first-order chi connectivity index (χ1) is 14.4. The van der Waals surface area contributed by atoms with Crippen LogP contribution >= 0.6 is 11.3 Å². The van der Waals surface area contributed by atoms with Crippen LogP contribution in [0.15, 0.2) is 44.5 Å². The Morgan fingerprint density at radius 1 is 1.23 bits per heavy atom. The molecule has 2 N–H and O–H groups in total. The van der Waals surface area contributed by atoms with Crippen molar-refractivity contribution in [2.75, 3.05) is 0 Å². The van der Waals surface area contributed by atoms with E-state index in [1.165, 1.54) is 16.5 Å². The second-order valence-corrected chi connectivity index (χ2v) is 8.41. The summed E-state index contributed by atoms with van der Waals surface area (Å²) in [6.07, 6.45) is 2.11. The average Bonchev–Trinajstić information content (AvgIpc) is 3.45. The molecule has 0 unspecified atom stereocenters. The first-order valence-electron chi connectivity index (χ1n) is 9.44. The lowest BCUT2D eigenvalue weighted by atomic mass is 10.2. The number of nitrogens with zero attached hydrogens (tertiary/aromatic N) is 3. The molecule has 4 aromatic heterocycles. The number of carbonyl (C=O) groups is 1. The summed E-state index contributed by atoms with van der Waals surface area (Å²) in [6, 6.07) is 7.69. The minimum absolute atomic E-state index is 0.0549. The van der Waals surface area contributed by atoms with Crippen molar-refractivity contribution in [3.05, 3.63) is 72.7 Å². The molecule has 0 aliphatic carbocycles. The van der Waals surface area contributed by atoms with Crippen LogP contribution in [0.5, 0.6) is 0 Å². The molecule has 1 amide bonds. The number of amides is 1. The Morgan fingerprint density at radius 3 is 2.77 bits per heavy atom. The molecule has 0 bridgehead atoms. The van der Waals surface area contributed by atoms with Gasteiger partial charge in [-0.25, -0.2) is 9.78 Å². The molecular formula is C20H21N5O4S. The second-order valence-electron chi connectivity index (χ2n) is 7.04. The molecule has 0 aliphatic heterocycles. The number of thiophene rings is 1. The maximum atomic E-state index is 13.0. The molecule has 156 valence electrons. The van der Waals surface area contributed by atoms with Crippen molar-refractivity contribution >= 4 is 28.4 Å². The number of carbonyl (C=O) groups excluding carboxylic acids is 1. The van der Waals surface area contributed by atoms with Crippen LogP contribution in [0.25, 0.3) is 11.2 Å². The number of furan rings is 1. The molecule has 0 aliphatic rings. The van der Waals surface area contributed by atoms with Crippen LogP contribution in [-0.4, -0.2) is 30.3 Å². The van der Waals surface area contributed by atoms with Gasteiger partial charge in [-0.3, -0.25) is 19.1 Å². The van der Waals surface area contributed by atoms with Crippen molar-refractivity contribution in [1.82, 2.24) is 24.4 Å². The smallest absolute Gasteiger partial charge is 0.329 e. The molecule has 0 saturated carbocycles. The summed E-state index contributed by atoms with van der Waals surface area (Å²) in [5.41, 5.74) is -0.558. The average molecular weight is 427 g/mol. The minimum Gasteiger partial charge on any atom is -0.467 e. The van der Waals surface area contributed by atoms with E-state index >= 15 is 0 Å². The standard InChI is InChI=1S/C20H21N5O4S/c1-12-5-6-14(30-12)11-25(10-13-4-3-9-29-13)16(26)8-7-15-21-17-18(22-15)24(2)20(28)23-19(17)27/h3-6,9H,7-8,10-11H2,1-2H3,(H,21,22)(H,23,27,28). The highest BCUT2D eigenvalue weighted by molar-refractivity contribution is 7.11. The highest BCUT2D eigenvalue weighted by Gasteiger charge is 2.18. The van der Waals surface area contributed by atoms with Gasteiger partial charge in [-0.1, -0.05) is 0 Å². The molecule has 10 heteroatoms. The summed E-state index contributed by atoms with van der Waals surface area (Å²) in [5.74, 6) is 1.14. The zero-order valence-electron chi connectivity index (χ0n) is 16.6. The predicted molar refractivity (Wildman–Crippen MR) is 112 cm³/mol. The Morgan fingerprint density at radius 2 is 2.07 bits per heavy atom. The Labute approximate surface area is 175 Å². The first kappa shape index (κ1) is 19.9. The van der Waals surface area contributed by atoms with Crippen molar-refractivity contribution < 1.29 is 9.21 Å². The number of nitrogens with one attached hydrogen (secondary N) is 2. The van der Waals surface area contributed by atoms with Crippen molar-refractivity contribution in [1.29, 1.82) is 0 Å². The lowest BCUT2D eigenvalue weighted by Crippen LogP contribution is -2.30. The van der Waals surface area contributed by atoms with E-state index in [1.54, 1.807) is 28.6 Å². The van der Waals surface area contributed by atoms with E-state index in [0.29, 0.717) is 31.1 Å². The lowest BCUT2D eigenvalue weighted by Gasteiger charge is -2.21. The van der Waals surface area contributed by atoms with Crippen molar-refractivity contribution in [2.24, 2.45) is 7.05 Å². The van der Waals surface area contributed by atoms with Crippen LogP contribution in [0.2, 0.25) is 0 Å². The van der Waals surface area contributed by atoms with Crippen LogP contribution in [0.4, 0.5) is 0 Å². The lowest BCUT2D eigenvalue weighted by molar-refractivity contribution is -0.132. The quantitative estimate of drug-likeness (QED) is 0.468. The SMILES string of the molecule is Cc1ccc(CN(Cc2ccco2)C(=O)CCc2nc3c([nH]2)c(=O)[nH]c(=O)n3C)s1. The molecule has 0 fully saturated rings. The van der Waals surface area contributed by atoms with Crippen LogP contribution in [0, 0.1) is 6.92 Å². The number of fused-ring (bicyclic) bond motifs is 1. The molecule has 4 aromatic rings. The summed E-state index contributed by atoms with van der Waals surface area (Å²) < 4.78 is 6.68. The third-order valence-electron chi connectivity index (χ3n) is 4.80. The summed E-state index contributed by atoms with van der Waals surface area (Å²) in [7, 11) is 1.53. The fraction of sp³-hybridized carbons (Fsp3) is 0.300. The van der Waals surface area contributed by atoms with Gasteiger partial charge in [0.2, 0.25) is 5.91 Å². The number of imidazole rings is 1. The van der Waals surface area contributed by atoms with Crippen molar-refractivity contribution in [3.63, 3.8) is 0 Å². The number of H-pyrrole nitrogens is 2. The summed E-state index contributed by atoms with van der Waals surface area (Å²) in [6.45, 7) is 2.90.